The molecular weight excluding hydrogens is 234 g/mol. The molecule has 2 nitrogen and oxygen atoms in total. The van der Waals surface area contributed by atoms with E-state index in [2.05, 4.69) is 24.8 Å². The molecule has 2 rings (SSSR count). The largest absolute Gasteiger partial charge is 0.508 e. The lowest BCUT2D eigenvalue weighted by Gasteiger charge is -2.30. The number of hydrogen-bond acceptors (Lipinski definition) is 2. The summed E-state index contributed by atoms with van der Waals surface area (Å²) in [7, 11) is 0. The maximum absolute atomic E-state index is 10.00. The third-order valence-corrected chi connectivity index (χ3v) is 4.21. The first kappa shape index (κ1) is 14.4. The van der Waals surface area contributed by atoms with Crippen molar-refractivity contribution < 1.29 is 5.11 Å². The summed E-state index contributed by atoms with van der Waals surface area (Å²) >= 11 is 0. The number of nitrogens with zero attached hydrogens (tertiary/aromatic N) is 1. The van der Waals surface area contributed by atoms with Crippen molar-refractivity contribution in [3.63, 3.8) is 0 Å². The number of rotatable bonds is 5. The molecule has 19 heavy (non-hydrogen) atoms. The first-order valence-electron chi connectivity index (χ1n) is 7.80. The van der Waals surface area contributed by atoms with Crippen molar-refractivity contribution in [2.24, 2.45) is 0 Å². The summed E-state index contributed by atoms with van der Waals surface area (Å²) in [6.07, 6.45) is 7.04. The molecule has 0 amide bonds. The van der Waals surface area contributed by atoms with E-state index in [9.17, 15) is 5.11 Å². The average Bonchev–Trinajstić information content (AvgIpc) is 2.62. The summed E-state index contributed by atoms with van der Waals surface area (Å²) in [4.78, 5) is 2.65. The van der Waals surface area contributed by atoms with E-state index in [1.807, 2.05) is 12.1 Å². The predicted octanol–water partition coefficient (Wildman–Crippen LogP) is 3.76. The fourth-order valence-electron chi connectivity index (χ4n) is 3.33. The van der Waals surface area contributed by atoms with Crippen LogP contribution in [-0.2, 0) is 12.8 Å². The molecule has 0 fully saturated rings. The Labute approximate surface area is 117 Å². The van der Waals surface area contributed by atoms with Gasteiger partial charge in [-0.2, -0.15) is 0 Å². The van der Waals surface area contributed by atoms with E-state index < -0.39 is 0 Å². The van der Waals surface area contributed by atoms with Crippen molar-refractivity contribution in [2.75, 3.05) is 13.1 Å². The van der Waals surface area contributed by atoms with E-state index in [1.165, 1.54) is 49.9 Å². The van der Waals surface area contributed by atoms with Crippen LogP contribution in [0, 0.1) is 0 Å². The Morgan fingerprint density at radius 1 is 1.21 bits per heavy atom. The van der Waals surface area contributed by atoms with Gasteiger partial charge in [0.2, 0.25) is 0 Å². The van der Waals surface area contributed by atoms with Gasteiger partial charge in [-0.15, -0.1) is 0 Å². The van der Waals surface area contributed by atoms with Crippen molar-refractivity contribution >= 4 is 0 Å². The Morgan fingerprint density at radius 3 is 2.63 bits per heavy atom. The normalized spacial score (nSPS) is 19.2. The number of phenolic OH excluding ortho intramolecular Hbond substituents is 1. The number of benzene rings is 1. The number of hydrogen-bond donors (Lipinski definition) is 1. The number of phenols is 1. The molecule has 0 radical (unpaired) electrons. The van der Waals surface area contributed by atoms with Crippen LogP contribution in [0.1, 0.15) is 50.7 Å². The van der Waals surface area contributed by atoms with Crippen LogP contribution in [0.3, 0.4) is 0 Å². The van der Waals surface area contributed by atoms with Crippen LogP contribution in [0.25, 0.3) is 0 Å². The van der Waals surface area contributed by atoms with Gasteiger partial charge >= 0.3 is 0 Å². The van der Waals surface area contributed by atoms with Gasteiger partial charge < -0.3 is 10.0 Å². The lowest BCUT2D eigenvalue weighted by molar-refractivity contribution is 0.185. The minimum absolute atomic E-state index is 0.496. The number of fused-ring (bicyclic) bond motifs is 1. The Balaban J connectivity index is 2.16. The van der Waals surface area contributed by atoms with Gasteiger partial charge in [0.15, 0.2) is 0 Å². The van der Waals surface area contributed by atoms with Crippen molar-refractivity contribution in [1.29, 1.82) is 0 Å². The summed E-state index contributed by atoms with van der Waals surface area (Å²) in [6, 6.07) is 6.67. The van der Waals surface area contributed by atoms with E-state index >= 15 is 0 Å². The van der Waals surface area contributed by atoms with Crippen LogP contribution < -0.4 is 0 Å². The zero-order chi connectivity index (χ0) is 13.7. The molecule has 2 heteroatoms. The zero-order valence-corrected chi connectivity index (χ0v) is 12.4. The topological polar surface area (TPSA) is 23.5 Å². The van der Waals surface area contributed by atoms with Crippen molar-refractivity contribution in [3.8, 4) is 5.75 Å². The first-order valence-corrected chi connectivity index (χ1v) is 7.80. The maximum Gasteiger partial charge on any atom is 0.119 e. The molecule has 1 atom stereocenters. The standard InChI is InChI=1S/C17H27NO/c1-3-11-18(12-4-2)15-8-6-9-16-14(13-15)7-5-10-17(16)19/h5,7,10,15,19H,3-4,6,8-9,11-13H2,1-2H3. The zero-order valence-electron chi connectivity index (χ0n) is 12.4. The molecule has 1 unspecified atom stereocenters. The first-order chi connectivity index (χ1) is 9.26. The Bertz CT molecular complexity index is 396. The molecule has 1 aromatic rings. The van der Waals surface area contributed by atoms with Crippen LogP contribution in [0.15, 0.2) is 18.2 Å². The molecule has 0 bridgehead atoms. The molecule has 1 N–H and O–H groups in total. The smallest absolute Gasteiger partial charge is 0.119 e. The fraction of sp³-hybridized carbons (Fsp3) is 0.647. The summed E-state index contributed by atoms with van der Waals surface area (Å²) in [5, 5.41) is 10.00. The molecule has 1 aliphatic rings. The second-order valence-corrected chi connectivity index (χ2v) is 5.70. The van der Waals surface area contributed by atoms with E-state index in [0.717, 1.165) is 12.8 Å². The van der Waals surface area contributed by atoms with E-state index in [1.54, 1.807) is 0 Å². The second-order valence-electron chi connectivity index (χ2n) is 5.70. The van der Waals surface area contributed by atoms with Gasteiger partial charge in [-0.1, -0.05) is 26.0 Å². The third-order valence-electron chi connectivity index (χ3n) is 4.21. The molecule has 1 aromatic carbocycles. The van der Waals surface area contributed by atoms with Crippen LogP contribution in [0.4, 0.5) is 0 Å². The minimum Gasteiger partial charge on any atom is -0.508 e. The highest BCUT2D eigenvalue weighted by Gasteiger charge is 2.22. The van der Waals surface area contributed by atoms with Gasteiger partial charge in [0.1, 0.15) is 5.75 Å². The Kier molecular flexibility index (Phi) is 5.26. The van der Waals surface area contributed by atoms with E-state index in [-0.39, 0.29) is 0 Å². The highest BCUT2D eigenvalue weighted by molar-refractivity contribution is 5.40. The highest BCUT2D eigenvalue weighted by Crippen LogP contribution is 2.29. The third kappa shape index (κ3) is 3.50. The van der Waals surface area contributed by atoms with Gasteiger partial charge in [0.05, 0.1) is 0 Å². The quantitative estimate of drug-likeness (QED) is 0.816. The minimum atomic E-state index is 0.496. The highest BCUT2D eigenvalue weighted by atomic mass is 16.3. The fourth-order valence-corrected chi connectivity index (χ4v) is 3.33. The van der Waals surface area contributed by atoms with Gasteiger partial charge in [-0.3, -0.25) is 0 Å². The molecule has 0 saturated heterocycles. The van der Waals surface area contributed by atoms with Crippen LogP contribution in [0.5, 0.6) is 5.75 Å². The molecular formula is C17H27NO. The van der Waals surface area contributed by atoms with E-state index in [0.29, 0.717) is 11.8 Å². The van der Waals surface area contributed by atoms with Crippen LogP contribution in [0.2, 0.25) is 0 Å². The van der Waals surface area contributed by atoms with Crippen molar-refractivity contribution in [2.45, 2.75) is 58.4 Å². The second kappa shape index (κ2) is 6.95. The lowest BCUT2D eigenvalue weighted by Crippen LogP contribution is -2.37. The molecule has 0 spiro atoms. The van der Waals surface area contributed by atoms with Crippen LogP contribution >= 0.6 is 0 Å². The molecule has 0 saturated carbocycles. The molecule has 1 aliphatic carbocycles. The monoisotopic (exact) mass is 261 g/mol. The number of aromatic hydroxyl groups is 1. The molecule has 106 valence electrons. The van der Waals surface area contributed by atoms with Crippen molar-refractivity contribution in [3.05, 3.63) is 29.3 Å². The molecule has 0 aromatic heterocycles. The molecule has 0 heterocycles. The summed E-state index contributed by atoms with van der Waals surface area (Å²) < 4.78 is 0. The van der Waals surface area contributed by atoms with Crippen LogP contribution in [-0.4, -0.2) is 29.1 Å². The van der Waals surface area contributed by atoms with Gasteiger partial charge in [0.25, 0.3) is 0 Å². The lowest BCUT2D eigenvalue weighted by atomic mass is 10.00. The predicted molar refractivity (Wildman–Crippen MR) is 80.7 cm³/mol. The average molecular weight is 261 g/mol. The molecule has 0 aliphatic heterocycles. The SMILES string of the molecule is CCCN(CCC)C1CCCc2c(O)cccc2C1. The van der Waals surface area contributed by atoms with Gasteiger partial charge in [-0.25, -0.2) is 0 Å². The van der Waals surface area contributed by atoms with Crippen molar-refractivity contribution in [1.82, 2.24) is 4.90 Å². The maximum atomic E-state index is 10.00. The Hall–Kier alpha value is -1.02. The summed E-state index contributed by atoms with van der Waals surface area (Å²) in [6.45, 7) is 6.93. The van der Waals surface area contributed by atoms with E-state index in [4.69, 9.17) is 0 Å². The van der Waals surface area contributed by atoms with Gasteiger partial charge in [0, 0.05) is 6.04 Å². The Morgan fingerprint density at radius 2 is 1.95 bits per heavy atom. The van der Waals surface area contributed by atoms with Gasteiger partial charge in [-0.05, 0) is 68.8 Å². The summed E-state index contributed by atoms with van der Waals surface area (Å²) in [5.41, 5.74) is 2.55. The summed E-state index contributed by atoms with van der Waals surface area (Å²) in [5.74, 6) is 0.496.